The minimum atomic E-state index is -0.140. The molecule has 0 spiro atoms. The molecule has 1 aliphatic rings. The molecule has 0 bridgehead atoms. The number of carbonyl (C=O) groups is 1. The van der Waals surface area contributed by atoms with Crippen LogP contribution in [0, 0.1) is 0 Å². The van der Waals surface area contributed by atoms with Gasteiger partial charge >= 0.3 is 0 Å². The van der Waals surface area contributed by atoms with Crippen LogP contribution in [-0.2, 0) is 4.79 Å². The van der Waals surface area contributed by atoms with Gasteiger partial charge < -0.3 is 0 Å². The largest absolute Gasteiger partial charge is 0.297 e. The van der Waals surface area contributed by atoms with Crippen LogP contribution in [0.15, 0.2) is 0 Å². The third-order valence-electron chi connectivity index (χ3n) is 1.64. The summed E-state index contributed by atoms with van der Waals surface area (Å²) in [5.74, 6) is 0.257. The number of hydrogen-bond donors (Lipinski definition) is 1. The Hall–Kier alpha value is -0.0200. The van der Waals surface area contributed by atoms with Crippen molar-refractivity contribution in [3.8, 4) is 0 Å². The number of ketones is 1. The van der Waals surface area contributed by atoms with Crippen LogP contribution in [0.1, 0.15) is 12.8 Å². The maximum absolute atomic E-state index is 10.9. The molecule has 1 saturated heterocycles. The van der Waals surface area contributed by atoms with E-state index in [1.54, 1.807) is 0 Å². The Bertz CT molecular complexity index is 126. The van der Waals surface area contributed by atoms with Gasteiger partial charge in [0.25, 0.3) is 0 Å². The molecule has 0 radical (unpaired) electrons. The molecule has 1 aliphatic heterocycles. The van der Waals surface area contributed by atoms with Crippen LogP contribution in [0.3, 0.4) is 0 Å². The van der Waals surface area contributed by atoms with Gasteiger partial charge in [0, 0.05) is 6.42 Å². The number of likely N-dealkylation sites (tertiary alicyclic amines) is 1. The van der Waals surface area contributed by atoms with Crippen molar-refractivity contribution in [2.24, 2.45) is 0 Å². The van der Waals surface area contributed by atoms with Crippen molar-refractivity contribution in [2.75, 3.05) is 13.6 Å². The summed E-state index contributed by atoms with van der Waals surface area (Å²) in [5.41, 5.74) is 0. The van der Waals surface area contributed by atoms with Gasteiger partial charge in [-0.2, -0.15) is 12.6 Å². The van der Waals surface area contributed by atoms with Gasteiger partial charge in [0.05, 0.1) is 0 Å². The number of piperidine rings is 1. The summed E-state index contributed by atoms with van der Waals surface area (Å²) < 4.78 is 0. The molecule has 0 N–H and O–H groups in total. The molecule has 1 rings (SSSR count). The van der Waals surface area contributed by atoms with Crippen LogP contribution in [-0.4, -0.2) is 29.6 Å². The molecular formula is C6H11NOS. The van der Waals surface area contributed by atoms with Crippen LogP contribution in [0.4, 0.5) is 0 Å². The number of likely N-dealkylation sites (N-methyl/N-ethyl adjacent to an activating group) is 1. The molecule has 0 amide bonds. The summed E-state index contributed by atoms with van der Waals surface area (Å²) in [4.78, 5) is 12.9. The number of carbonyl (C=O) groups excluding carboxylic acids is 1. The Morgan fingerprint density at radius 2 is 2.44 bits per heavy atom. The van der Waals surface area contributed by atoms with Gasteiger partial charge in [-0.1, -0.05) is 0 Å². The average Bonchev–Trinajstić information content (AvgIpc) is 1.83. The average molecular weight is 145 g/mol. The fourth-order valence-corrected chi connectivity index (χ4v) is 1.24. The third kappa shape index (κ3) is 1.46. The first-order valence-corrected chi connectivity index (χ1v) is 3.64. The molecule has 52 valence electrons. The first kappa shape index (κ1) is 7.09. The zero-order chi connectivity index (χ0) is 6.85. The van der Waals surface area contributed by atoms with Crippen molar-refractivity contribution in [2.45, 2.75) is 18.2 Å². The summed E-state index contributed by atoms with van der Waals surface area (Å²) >= 11 is 4.13. The maximum atomic E-state index is 10.9. The molecule has 0 aromatic heterocycles. The minimum Gasteiger partial charge on any atom is -0.297 e. The Balaban J connectivity index is 2.51. The van der Waals surface area contributed by atoms with Crippen LogP contribution < -0.4 is 0 Å². The van der Waals surface area contributed by atoms with Gasteiger partial charge in [-0.3, -0.25) is 9.69 Å². The lowest BCUT2D eigenvalue weighted by Gasteiger charge is -2.26. The fraction of sp³-hybridized carbons (Fsp3) is 0.833. The van der Waals surface area contributed by atoms with E-state index < -0.39 is 0 Å². The summed E-state index contributed by atoms with van der Waals surface area (Å²) in [7, 11) is 1.93. The highest BCUT2D eigenvalue weighted by Crippen LogP contribution is 2.13. The molecule has 1 atom stereocenters. The van der Waals surface area contributed by atoms with Gasteiger partial charge in [-0.15, -0.1) is 0 Å². The van der Waals surface area contributed by atoms with Gasteiger partial charge in [-0.05, 0) is 20.0 Å². The van der Waals surface area contributed by atoms with Crippen molar-refractivity contribution in [3.05, 3.63) is 0 Å². The first-order valence-electron chi connectivity index (χ1n) is 3.13. The van der Waals surface area contributed by atoms with Gasteiger partial charge in [0.2, 0.25) is 0 Å². The monoisotopic (exact) mass is 145 g/mol. The molecule has 1 heterocycles. The Morgan fingerprint density at radius 1 is 1.78 bits per heavy atom. The molecule has 3 heteroatoms. The number of Topliss-reactive ketones (excluding diaryl/α,β-unsaturated/α-hetero) is 1. The number of rotatable bonds is 0. The van der Waals surface area contributed by atoms with E-state index in [0.717, 1.165) is 13.0 Å². The number of thiol groups is 1. The van der Waals surface area contributed by atoms with Gasteiger partial charge in [0.15, 0.2) is 5.78 Å². The van der Waals surface area contributed by atoms with E-state index in [4.69, 9.17) is 0 Å². The summed E-state index contributed by atoms with van der Waals surface area (Å²) in [5, 5.41) is -0.140. The number of nitrogens with zero attached hydrogens (tertiary/aromatic N) is 1. The second-order valence-corrected chi connectivity index (χ2v) is 2.91. The van der Waals surface area contributed by atoms with Crippen molar-refractivity contribution in [1.29, 1.82) is 0 Å². The molecule has 2 nitrogen and oxygen atoms in total. The first-order chi connectivity index (χ1) is 4.22. The third-order valence-corrected chi connectivity index (χ3v) is 2.32. The van der Waals surface area contributed by atoms with E-state index in [1.807, 2.05) is 11.9 Å². The highest BCUT2D eigenvalue weighted by Gasteiger charge is 2.22. The second kappa shape index (κ2) is 2.71. The zero-order valence-electron chi connectivity index (χ0n) is 5.50. The molecule has 0 saturated carbocycles. The van der Waals surface area contributed by atoms with E-state index >= 15 is 0 Å². The van der Waals surface area contributed by atoms with Crippen molar-refractivity contribution >= 4 is 18.4 Å². The smallest absolute Gasteiger partial charge is 0.159 e. The van der Waals surface area contributed by atoms with Gasteiger partial charge in [0.1, 0.15) is 5.37 Å². The molecule has 1 unspecified atom stereocenters. The fourth-order valence-electron chi connectivity index (χ4n) is 1.000. The Labute approximate surface area is 60.6 Å². The SMILES string of the molecule is CN1CCCC(=O)C1S. The predicted molar refractivity (Wildman–Crippen MR) is 39.6 cm³/mol. The Morgan fingerprint density at radius 3 is 2.89 bits per heavy atom. The van der Waals surface area contributed by atoms with Crippen molar-refractivity contribution in [1.82, 2.24) is 4.90 Å². The summed E-state index contributed by atoms with van der Waals surface area (Å²) in [6, 6.07) is 0. The highest BCUT2D eigenvalue weighted by molar-refractivity contribution is 7.81. The van der Waals surface area contributed by atoms with Crippen LogP contribution in [0.25, 0.3) is 0 Å². The Kier molecular flexibility index (Phi) is 2.13. The lowest BCUT2D eigenvalue weighted by molar-refractivity contribution is -0.122. The van der Waals surface area contributed by atoms with Crippen LogP contribution >= 0.6 is 12.6 Å². The van der Waals surface area contributed by atoms with E-state index in [2.05, 4.69) is 12.6 Å². The quantitative estimate of drug-likeness (QED) is 0.502. The standard InChI is InChI=1S/C6H11NOS/c1-7-4-2-3-5(8)6(7)9/h6,9H,2-4H2,1H3. The predicted octanol–water partition coefficient (Wildman–Crippen LogP) is 0.537. The van der Waals surface area contributed by atoms with E-state index in [-0.39, 0.29) is 11.2 Å². The van der Waals surface area contributed by atoms with Crippen LogP contribution in [0.5, 0.6) is 0 Å². The zero-order valence-corrected chi connectivity index (χ0v) is 6.40. The normalized spacial score (nSPS) is 30.9. The molecule has 0 aliphatic carbocycles. The lowest BCUT2D eigenvalue weighted by Crippen LogP contribution is -2.39. The minimum absolute atomic E-state index is 0.140. The molecule has 0 aromatic carbocycles. The van der Waals surface area contributed by atoms with E-state index in [1.165, 1.54) is 0 Å². The molecule has 1 fully saturated rings. The summed E-state index contributed by atoms with van der Waals surface area (Å²) in [6.07, 6.45) is 1.70. The van der Waals surface area contributed by atoms with Crippen molar-refractivity contribution < 1.29 is 4.79 Å². The maximum Gasteiger partial charge on any atom is 0.159 e. The second-order valence-electron chi connectivity index (χ2n) is 2.42. The van der Waals surface area contributed by atoms with Gasteiger partial charge in [-0.25, -0.2) is 0 Å². The molecule has 9 heavy (non-hydrogen) atoms. The molecular weight excluding hydrogens is 134 g/mol. The van der Waals surface area contributed by atoms with E-state index in [0.29, 0.717) is 6.42 Å². The highest BCUT2D eigenvalue weighted by atomic mass is 32.1. The van der Waals surface area contributed by atoms with Crippen molar-refractivity contribution in [3.63, 3.8) is 0 Å². The number of hydrogen-bond acceptors (Lipinski definition) is 3. The summed E-state index contributed by atoms with van der Waals surface area (Å²) in [6.45, 7) is 1.000. The van der Waals surface area contributed by atoms with Crippen LogP contribution in [0.2, 0.25) is 0 Å². The molecule has 0 aromatic rings. The topological polar surface area (TPSA) is 20.3 Å². The van der Waals surface area contributed by atoms with E-state index in [9.17, 15) is 4.79 Å². The lowest BCUT2D eigenvalue weighted by atomic mass is 10.1.